The van der Waals surface area contributed by atoms with Crippen LogP contribution in [-0.2, 0) is 6.42 Å². The monoisotopic (exact) mass is 256 g/mol. The Morgan fingerprint density at radius 3 is 2.45 bits per heavy atom. The molecule has 0 heterocycles. The van der Waals surface area contributed by atoms with E-state index in [2.05, 4.69) is 61.4 Å². The van der Waals surface area contributed by atoms with E-state index < -0.39 is 0 Å². The van der Waals surface area contributed by atoms with Gasteiger partial charge < -0.3 is 0 Å². The molecule has 0 saturated carbocycles. The van der Waals surface area contributed by atoms with Crippen molar-refractivity contribution in [2.45, 2.75) is 12.8 Å². The molecule has 2 aromatic rings. The third kappa shape index (κ3) is 1.89. The number of hydrogen-bond acceptors (Lipinski definition) is 0. The lowest BCUT2D eigenvalue weighted by Crippen LogP contribution is -1.99. The van der Waals surface area contributed by atoms with Crippen molar-refractivity contribution in [1.29, 1.82) is 0 Å². The Hall–Kier alpha value is -2.52. The van der Waals surface area contributed by atoms with Gasteiger partial charge in [0, 0.05) is 12.8 Å². The van der Waals surface area contributed by atoms with Crippen LogP contribution in [0.5, 0.6) is 0 Å². The molecule has 20 heavy (non-hydrogen) atoms. The van der Waals surface area contributed by atoms with E-state index in [-0.39, 0.29) is 0 Å². The van der Waals surface area contributed by atoms with Crippen LogP contribution in [0.3, 0.4) is 0 Å². The lowest BCUT2D eigenvalue weighted by molar-refractivity contribution is 1.28. The Kier molecular flexibility index (Phi) is 3.27. The van der Waals surface area contributed by atoms with Gasteiger partial charge >= 0.3 is 0 Å². The molecule has 0 aromatic heterocycles. The minimum atomic E-state index is 0.771. The molecular formula is C20H16. The molecule has 0 nitrogen and oxygen atoms in total. The Bertz CT molecular complexity index is 792. The first-order valence-electron chi connectivity index (χ1n) is 6.81. The number of benzene rings is 2. The van der Waals surface area contributed by atoms with Crippen molar-refractivity contribution in [3.63, 3.8) is 0 Å². The lowest BCUT2D eigenvalue weighted by Gasteiger charge is -2.17. The summed E-state index contributed by atoms with van der Waals surface area (Å²) in [5, 5.41) is 2.50. The quantitative estimate of drug-likeness (QED) is 0.657. The summed E-state index contributed by atoms with van der Waals surface area (Å²) in [6, 6.07) is 8.48. The van der Waals surface area contributed by atoms with Gasteiger partial charge in [-0.25, -0.2) is 0 Å². The van der Waals surface area contributed by atoms with Gasteiger partial charge in [-0.1, -0.05) is 73.6 Å². The summed E-state index contributed by atoms with van der Waals surface area (Å²) in [6.07, 6.45) is 9.78. The maximum Gasteiger partial charge on any atom is 0.0352 e. The molecule has 0 amide bonds. The summed E-state index contributed by atoms with van der Waals surface area (Å²) in [4.78, 5) is 0. The smallest absolute Gasteiger partial charge is 0.0352 e. The number of allylic oxidation sites excluding steroid dienone is 1. The highest BCUT2D eigenvalue weighted by molar-refractivity contribution is 6.01. The molecule has 1 aliphatic carbocycles. The van der Waals surface area contributed by atoms with Crippen molar-refractivity contribution in [2.75, 3.05) is 0 Å². The van der Waals surface area contributed by atoms with Crippen molar-refractivity contribution in [3.8, 4) is 11.8 Å². The van der Waals surface area contributed by atoms with Crippen LogP contribution in [0.15, 0.2) is 43.5 Å². The second-order valence-electron chi connectivity index (χ2n) is 4.81. The average molecular weight is 256 g/mol. The molecule has 0 saturated heterocycles. The zero-order chi connectivity index (χ0) is 13.9. The molecule has 1 aliphatic rings. The SMILES string of the molecule is C=Cc1c2c(c3ccccc3c1C=C)/C=C\CC#CC2. The Balaban J connectivity index is 2.52. The molecule has 3 rings (SSSR count). The minimum absolute atomic E-state index is 0.771. The molecule has 0 bridgehead atoms. The molecule has 0 heteroatoms. The second-order valence-corrected chi connectivity index (χ2v) is 4.81. The van der Waals surface area contributed by atoms with Gasteiger partial charge in [0.1, 0.15) is 0 Å². The Labute approximate surface area is 120 Å². The fraction of sp³-hybridized carbons (Fsp3) is 0.100. The fourth-order valence-corrected chi connectivity index (χ4v) is 2.86. The van der Waals surface area contributed by atoms with E-state index in [4.69, 9.17) is 0 Å². The van der Waals surface area contributed by atoms with E-state index in [1.54, 1.807) is 0 Å². The fourth-order valence-electron chi connectivity index (χ4n) is 2.86. The highest BCUT2D eigenvalue weighted by atomic mass is 14.2. The van der Waals surface area contributed by atoms with Crippen molar-refractivity contribution >= 4 is 29.0 Å². The van der Waals surface area contributed by atoms with Crippen LogP contribution in [0.25, 0.3) is 29.0 Å². The first-order chi connectivity index (χ1) is 9.86. The van der Waals surface area contributed by atoms with Crippen molar-refractivity contribution in [1.82, 2.24) is 0 Å². The van der Waals surface area contributed by atoms with Crippen LogP contribution in [0.1, 0.15) is 28.7 Å². The second kappa shape index (κ2) is 5.23. The van der Waals surface area contributed by atoms with Crippen LogP contribution >= 0.6 is 0 Å². The van der Waals surface area contributed by atoms with Gasteiger partial charge in [0.05, 0.1) is 0 Å². The van der Waals surface area contributed by atoms with Gasteiger partial charge in [0.2, 0.25) is 0 Å². The highest BCUT2D eigenvalue weighted by Gasteiger charge is 2.14. The molecule has 0 aliphatic heterocycles. The van der Waals surface area contributed by atoms with Crippen molar-refractivity contribution in [2.24, 2.45) is 0 Å². The van der Waals surface area contributed by atoms with Crippen LogP contribution in [0.4, 0.5) is 0 Å². The molecule has 0 fully saturated rings. The van der Waals surface area contributed by atoms with Gasteiger partial charge in [-0.2, -0.15) is 0 Å². The molecule has 0 atom stereocenters. The largest absolute Gasteiger partial charge is 0.0988 e. The minimum Gasteiger partial charge on any atom is -0.0988 e. The van der Waals surface area contributed by atoms with E-state index in [1.807, 2.05) is 12.2 Å². The van der Waals surface area contributed by atoms with Gasteiger partial charge in [0.25, 0.3) is 0 Å². The third-order valence-corrected chi connectivity index (χ3v) is 3.75. The van der Waals surface area contributed by atoms with Crippen molar-refractivity contribution < 1.29 is 0 Å². The number of fused-ring (bicyclic) bond motifs is 3. The van der Waals surface area contributed by atoms with E-state index in [9.17, 15) is 0 Å². The molecule has 2 aromatic carbocycles. The summed E-state index contributed by atoms with van der Waals surface area (Å²) < 4.78 is 0. The predicted octanol–water partition coefficient (Wildman–Crippen LogP) is 5.09. The summed E-state index contributed by atoms with van der Waals surface area (Å²) in [6.45, 7) is 7.97. The summed E-state index contributed by atoms with van der Waals surface area (Å²) >= 11 is 0. The van der Waals surface area contributed by atoms with E-state index >= 15 is 0 Å². The summed E-state index contributed by atoms with van der Waals surface area (Å²) in [5.41, 5.74) is 4.85. The number of rotatable bonds is 2. The molecule has 0 N–H and O–H groups in total. The summed E-state index contributed by atoms with van der Waals surface area (Å²) in [7, 11) is 0. The first kappa shape index (κ1) is 12.5. The molecule has 0 unspecified atom stereocenters. The van der Waals surface area contributed by atoms with E-state index in [1.165, 1.54) is 21.9 Å². The highest BCUT2D eigenvalue weighted by Crippen LogP contribution is 2.34. The van der Waals surface area contributed by atoms with Gasteiger partial charge in [-0.3, -0.25) is 0 Å². The van der Waals surface area contributed by atoms with Crippen LogP contribution < -0.4 is 0 Å². The van der Waals surface area contributed by atoms with Crippen LogP contribution in [0, 0.1) is 11.8 Å². The van der Waals surface area contributed by atoms with Crippen LogP contribution in [0.2, 0.25) is 0 Å². The van der Waals surface area contributed by atoms with Crippen LogP contribution in [-0.4, -0.2) is 0 Å². The maximum absolute atomic E-state index is 3.99. The number of hydrogen-bond donors (Lipinski definition) is 0. The zero-order valence-corrected chi connectivity index (χ0v) is 11.4. The molecule has 0 spiro atoms. The molecule has 96 valence electrons. The normalized spacial score (nSPS) is 14.4. The lowest BCUT2D eigenvalue weighted by atomic mass is 9.87. The Morgan fingerprint density at radius 2 is 1.70 bits per heavy atom. The maximum atomic E-state index is 3.99. The van der Waals surface area contributed by atoms with Gasteiger partial charge in [-0.15, -0.1) is 0 Å². The molecular weight excluding hydrogens is 240 g/mol. The average Bonchev–Trinajstić information content (AvgIpc) is 2.46. The topological polar surface area (TPSA) is 0 Å². The van der Waals surface area contributed by atoms with Crippen molar-refractivity contribution in [3.05, 3.63) is 65.8 Å². The van der Waals surface area contributed by atoms with E-state index in [0.717, 1.165) is 24.0 Å². The zero-order valence-electron chi connectivity index (χ0n) is 11.4. The predicted molar refractivity (Wildman–Crippen MR) is 89.3 cm³/mol. The third-order valence-electron chi connectivity index (χ3n) is 3.75. The van der Waals surface area contributed by atoms with Gasteiger partial charge in [-0.05, 0) is 33.0 Å². The standard InChI is InChI=1S/C20H16/c1-3-15-16(4-2)18-13-9-10-14-20(18)19-12-8-6-5-7-11-17(15)19/h3-4,8-10,12-14H,1-2,6,11H2/b12-8-. The van der Waals surface area contributed by atoms with E-state index in [0.29, 0.717) is 0 Å². The Morgan fingerprint density at radius 1 is 0.950 bits per heavy atom. The first-order valence-corrected chi connectivity index (χ1v) is 6.81. The van der Waals surface area contributed by atoms with Gasteiger partial charge in [0.15, 0.2) is 0 Å². The summed E-state index contributed by atoms with van der Waals surface area (Å²) in [5.74, 6) is 6.42. The molecule has 0 radical (unpaired) electrons.